The van der Waals surface area contributed by atoms with E-state index in [0.29, 0.717) is 18.1 Å². The van der Waals surface area contributed by atoms with Crippen molar-refractivity contribution in [2.24, 2.45) is 0 Å². The SMILES string of the molecule is COc1ccc(CCNc2ccc(NC(=O)c3cc([N+](=O)[O-])cc([N+](=O)[O-])c3)cn2)cc1. The van der Waals surface area contributed by atoms with Crippen LogP contribution in [0.25, 0.3) is 0 Å². The summed E-state index contributed by atoms with van der Waals surface area (Å²) in [5.41, 5.74) is 0.184. The first-order chi connectivity index (χ1) is 15.4. The molecule has 32 heavy (non-hydrogen) atoms. The van der Waals surface area contributed by atoms with E-state index >= 15 is 0 Å². The lowest BCUT2D eigenvalue weighted by Gasteiger charge is -2.08. The molecular formula is C21H19N5O6. The van der Waals surface area contributed by atoms with Gasteiger partial charge in [-0.3, -0.25) is 25.0 Å². The topological polar surface area (TPSA) is 150 Å². The number of nitro groups is 2. The van der Waals surface area contributed by atoms with Gasteiger partial charge in [-0.05, 0) is 36.2 Å². The number of amides is 1. The minimum atomic E-state index is -0.794. The summed E-state index contributed by atoms with van der Waals surface area (Å²) in [7, 11) is 1.61. The van der Waals surface area contributed by atoms with Crippen LogP contribution in [0, 0.1) is 20.2 Å². The number of aromatic nitrogens is 1. The predicted molar refractivity (Wildman–Crippen MR) is 117 cm³/mol. The van der Waals surface area contributed by atoms with Gasteiger partial charge >= 0.3 is 0 Å². The lowest BCUT2D eigenvalue weighted by atomic mass is 10.1. The first kappa shape index (κ1) is 22.2. The first-order valence-corrected chi connectivity index (χ1v) is 9.44. The maximum Gasteiger partial charge on any atom is 0.277 e. The van der Waals surface area contributed by atoms with Crippen LogP contribution in [0.5, 0.6) is 5.75 Å². The van der Waals surface area contributed by atoms with Crippen molar-refractivity contribution < 1.29 is 19.4 Å². The molecule has 0 spiro atoms. The molecule has 0 atom stereocenters. The minimum absolute atomic E-state index is 0.201. The quantitative estimate of drug-likeness (QED) is 0.379. The van der Waals surface area contributed by atoms with Crippen LogP contribution in [-0.2, 0) is 6.42 Å². The number of anilines is 2. The smallest absolute Gasteiger partial charge is 0.277 e. The molecular weight excluding hydrogens is 418 g/mol. The minimum Gasteiger partial charge on any atom is -0.497 e. The van der Waals surface area contributed by atoms with Gasteiger partial charge in [-0.1, -0.05) is 12.1 Å². The number of rotatable bonds is 9. The number of pyridine rings is 1. The molecule has 0 unspecified atom stereocenters. The number of nitrogens with zero attached hydrogens (tertiary/aromatic N) is 3. The van der Waals surface area contributed by atoms with Gasteiger partial charge in [-0.25, -0.2) is 4.98 Å². The number of hydrogen-bond acceptors (Lipinski definition) is 8. The summed E-state index contributed by atoms with van der Waals surface area (Å²) in [5, 5.41) is 27.7. The van der Waals surface area contributed by atoms with Gasteiger partial charge in [0, 0.05) is 18.7 Å². The molecule has 11 heteroatoms. The van der Waals surface area contributed by atoms with Crippen molar-refractivity contribution >= 4 is 28.8 Å². The van der Waals surface area contributed by atoms with Gasteiger partial charge in [0.05, 0.1) is 40.5 Å². The molecule has 0 aliphatic heterocycles. The van der Waals surface area contributed by atoms with Crippen LogP contribution in [0.2, 0.25) is 0 Å². The highest BCUT2D eigenvalue weighted by atomic mass is 16.6. The highest BCUT2D eigenvalue weighted by molar-refractivity contribution is 6.05. The number of non-ortho nitro benzene ring substituents is 2. The molecule has 3 rings (SSSR count). The third kappa shape index (κ3) is 5.75. The third-order valence-corrected chi connectivity index (χ3v) is 4.49. The van der Waals surface area contributed by atoms with E-state index in [4.69, 9.17) is 4.74 Å². The molecule has 11 nitrogen and oxygen atoms in total. The average molecular weight is 437 g/mol. The van der Waals surface area contributed by atoms with E-state index in [2.05, 4.69) is 15.6 Å². The van der Waals surface area contributed by atoms with Crippen molar-refractivity contribution in [2.45, 2.75) is 6.42 Å². The van der Waals surface area contributed by atoms with Crippen LogP contribution in [0.1, 0.15) is 15.9 Å². The summed E-state index contributed by atoms with van der Waals surface area (Å²) in [5.74, 6) is 0.669. The monoisotopic (exact) mass is 437 g/mol. The molecule has 0 fully saturated rings. The molecule has 1 heterocycles. The van der Waals surface area contributed by atoms with Gasteiger partial charge in [0.1, 0.15) is 11.6 Å². The Morgan fingerprint density at radius 3 is 2.19 bits per heavy atom. The van der Waals surface area contributed by atoms with E-state index < -0.39 is 27.1 Å². The van der Waals surface area contributed by atoms with Crippen LogP contribution in [-0.4, -0.2) is 34.4 Å². The van der Waals surface area contributed by atoms with E-state index in [1.54, 1.807) is 19.2 Å². The molecule has 0 aliphatic carbocycles. The van der Waals surface area contributed by atoms with Gasteiger partial charge in [0.25, 0.3) is 17.3 Å². The lowest BCUT2D eigenvalue weighted by molar-refractivity contribution is -0.394. The number of carbonyl (C=O) groups excluding carboxylic acids is 1. The zero-order valence-electron chi connectivity index (χ0n) is 17.0. The molecule has 164 valence electrons. The van der Waals surface area contributed by atoms with Crippen molar-refractivity contribution in [1.82, 2.24) is 4.98 Å². The first-order valence-electron chi connectivity index (χ1n) is 9.44. The van der Waals surface area contributed by atoms with E-state index in [1.807, 2.05) is 24.3 Å². The van der Waals surface area contributed by atoms with Gasteiger partial charge in [0.15, 0.2) is 0 Å². The molecule has 0 saturated carbocycles. The fourth-order valence-corrected chi connectivity index (χ4v) is 2.84. The van der Waals surface area contributed by atoms with Gasteiger partial charge in [0.2, 0.25) is 0 Å². The molecule has 1 amide bonds. The number of nitro benzene ring substituents is 2. The summed E-state index contributed by atoms with van der Waals surface area (Å²) in [6, 6.07) is 13.8. The number of nitrogens with one attached hydrogen (secondary N) is 2. The lowest BCUT2D eigenvalue weighted by Crippen LogP contribution is -2.13. The molecule has 2 N–H and O–H groups in total. The van der Waals surface area contributed by atoms with Crippen molar-refractivity contribution in [1.29, 1.82) is 0 Å². The number of benzene rings is 2. The standard InChI is InChI=1S/C21H19N5O6/c1-32-19-5-2-14(3-6-19)8-9-22-20-7-4-16(13-23-20)24-21(27)15-10-17(25(28)29)12-18(11-15)26(30)31/h2-7,10-13H,8-9H2,1H3,(H,22,23)(H,24,27). The third-order valence-electron chi connectivity index (χ3n) is 4.49. The van der Waals surface area contributed by atoms with Crippen molar-refractivity contribution in [3.8, 4) is 5.75 Å². The zero-order valence-corrected chi connectivity index (χ0v) is 17.0. The van der Waals surface area contributed by atoms with E-state index in [9.17, 15) is 25.0 Å². The summed E-state index contributed by atoms with van der Waals surface area (Å²) < 4.78 is 5.13. The van der Waals surface area contributed by atoms with E-state index in [1.165, 1.54) is 6.20 Å². The summed E-state index contributed by atoms with van der Waals surface area (Å²) in [6.07, 6.45) is 2.19. The molecule has 0 saturated heterocycles. The van der Waals surface area contributed by atoms with Gasteiger partial charge in [-0.2, -0.15) is 0 Å². The van der Waals surface area contributed by atoms with Crippen molar-refractivity contribution in [3.63, 3.8) is 0 Å². The predicted octanol–water partition coefficient (Wildman–Crippen LogP) is 3.81. The summed E-state index contributed by atoms with van der Waals surface area (Å²) in [4.78, 5) is 37.0. The normalized spacial score (nSPS) is 10.3. The number of ether oxygens (including phenoxy) is 1. The number of hydrogen-bond donors (Lipinski definition) is 2. The second-order valence-corrected chi connectivity index (χ2v) is 6.66. The largest absolute Gasteiger partial charge is 0.497 e. The van der Waals surface area contributed by atoms with Crippen LogP contribution < -0.4 is 15.4 Å². The van der Waals surface area contributed by atoms with Crippen LogP contribution in [0.15, 0.2) is 60.8 Å². The van der Waals surface area contributed by atoms with Crippen LogP contribution >= 0.6 is 0 Å². The Labute approximate surface area is 182 Å². The van der Waals surface area contributed by atoms with Crippen LogP contribution in [0.4, 0.5) is 22.9 Å². The highest BCUT2D eigenvalue weighted by Crippen LogP contribution is 2.23. The van der Waals surface area contributed by atoms with Crippen molar-refractivity contribution in [2.75, 3.05) is 24.3 Å². The molecule has 0 aliphatic rings. The fourth-order valence-electron chi connectivity index (χ4n) is 2.84. The maximum absolute atomic E-state index is 12.4. The number of carbonyl (C=O) groups is 1. The Kier molecular flexibility index (Phi) is 6.91. The Hall–Kier alpha value is -4.54. The van der Waals surface area contributed by atoms with Gasteiger partial charge < -0.3 is 15.4 Å². The Bertz CT molecular complexity index is 1100. The molecule has 3 aromatic rings. The molecule has 1 aromatic heterocycles. The summed E-state index contributed by atoms with van der Waals surface area (Å²) in [6.45, 7) is 0.641. The fraction of sp³-hybridized carbons (Fsp3) is 0.143. The highest BCUT2D eigenvalue weighted by Gasteiger charge is 2.20. The molecule has 0 bridgehead atoms. The Balaban J connectivity index is 1.59. The second kappa shape index (κ2) is 9.98. The molecule has 2 aromatic carbocycles. The Morgan fingerprint density at radius 1 is 1.00 bits per heavy atom. The van der Waals surface area contributed by atoms with E-state index in [-0.39, 0.29) is 5.56 Å². The Morgan fingerprint density at radius 2 is 1.66 bits per heavy atom. The van der Waals surface area contributed by atoms with Gasteiger partial charge in [-0.15, -0.1) is 0 Å². The van der Waals surface area contributed by atoms with Crippen LogP contribution in [0.3, 0.4) is 0 Å². The number of methoxy groups -OCH3 is 1. The zero-order chi connectivity index (χ0) is 23.1. The maximum atomic E-state index is 12.4. The van der Waals surface area contributed by atoms with Crippen molar-refractivity contribution in [3.05, 3.63) is 92.1 Å². The summed E-state index contributed by atoms with van der Waals surface area (Å²) >= 11 is 0. The average Bonchev–Trinajstić information content (AvgIpc) is 2.80. The van der Waals surface area contributed by atoms with E-state index in [0.717, 1.165) is 35.9 Å². The second-order valence-electron chi connectivity index (χ2n) is 6.66. The molecule has 0 radical (unpaired) electrons.